The fraction of sp³-hybridized carbons (Fsp3) is 0.263. The molecule has 0 saturated heterocycles. The molecule has 4 heteroatoms. The number of nitrogen functional groups attached to an aromatic ring is 1. The Balaban J connectivity index is 1.97. The van der Waals surface area contributed by atoms with Gasteiger partial charge in [0.15, 0.2) is 5.78 Å². The van der Waals surface area contributed by atoms with Gasteiger partial charge >= 0.3 is 0 Å². The van der Waals surface area contributed by atoms with E-state index in [0.717, 1.165) is 16.7 Å². The minimum atomic E-state index is -0.183. The van der Waals surface area contributed by atoms with Crippen LogP contribution in [0.4, 0.5) is 11.4 Å². The lowest BCUT2D eigenvalue weighted by Crippen LogP contribution is -2.14. The number of anilines is 2. The molecule has 0 aromatic heterocycles. The van der Waals surface area contributed by atoms with E-state index >= 15 is 0 Å². The largest absolute Gasteiger partial charge is 0.399 e. The van der Waals surface area contributed by atoms with Gasteiger partial charge in [-0.05, 0) is 50.1 Å². The zero-order valence-electron chi connectivity index (χ0n) is 13.8. The van der Waals surface area contributed by atoms with Crippen molar-refractivity contribution < 1.29 is 9.59 Å². The molecule has 0 unspecified atom stereocenters. The van der Waals surface area contributed by atoms with Gasteiger partial charge < -0.3 is 11.1 Å². The summed E-state index contributed by atoms with van der Waals surface area (Å²) in [5.41, 5.74) is 10.6. The molecule has 0 bridgehead atoms. The lowest BCUT2D eigenvalue weighted by Gasteiger charge is -2.10. The van der Waals surface area contributed by atoms with Crippen LogP contribution in [0.2, 0.25) is 0 Å². The summed E-state index contributed by atoms with van der Waals surface area (Å²) in [6.45, 7) is 5.75. The van der Waals surface area contributed by atoms with E-state index in [-0.39, 0.29) is 24.5 Å². The fourth-order valence-electron chi connectivity index (χ4n) is 2.38. The Morgan fingerprint density at radius 1 is 0.957 bits per heavy atom. The minimum Gasteiger partial charge on any atom is -0.399 e. The maximum absolute atomic E-state index is 12.3. The van der Waals surface area contributed by atoms with Crippen molar-refractivity contribution in [3.05, 3.63) is 58.7 Å². The number of ketones is 1. The Morgan fingerprint density at radius 3 is 2.39 bits per heavy atom. The van der Waals surface area contributed by atoms with Crippen LogP contribution in [0.3, 0.4) is 0 Å². The van der Waals surface area contributed by atoms with Crippen molar-refractivity contribution in [2.24, 2.45) is 0 Å². The van der Waals surface area contributed by atoms with Crippen molar-refractivity contribution in [3.8, 4) is 0 Å². The van der Waals surface area contributed by atoms with Crippen molar-refractivity contribution in [1.29, 1.82) is 0 Å². The van der Waals surface area contributed by atoms with Crippen molar-refractivity contribution in [2.75, 3.05) is 11.1 Å². The molecule has 0 fully saturated rings. The quantitative estimate of drug-likeness (QED) is 0.652. The molecule has 2 aromatic carbocycles. The molecule has 23 heavy (non-hydrogen) atoms. The molecule has 0 aliphatic rings. The Morgan fingerprint density at radius 2 is 1.65 bits per heavy atom. The van der Waals surface area contributed by atoms with Gasteiger partial charge in [-0.25, -0.2) is 0 Å². The SMILES string of the molecule is Cc1ccc(C)c(C(=O)CCC(=O)Nc2cc(N)ccc2C)c1. The Bertz CT molecular complexity index is 751. The Kier molecular flexibility index (Phi) is 5.16. The maximum Gasteiger partial charge on any atom is 0.224 e. The molecular formula is C19H22N2O2. The molecule has 2 rings (SSSR count). The summed E-state index contributed by atoms with van der Waals surface area (Å²) >= 11 is 0. The predicted molar refractivity (Wildman–Crippen MR) is 93.7 cm³/mol. The van der Waals surface area contributed by atoms with Gasteiger partial charge in [0, 0.05) is 29.8 Å². The average molecular weight is 310 g/mol. The van der Waals surface area contributed by atoms with E-state index in [0.29, 0.717) is 16.9 Å². The average Bonchev–Trinajstić information content (AvgIpc) is 2.51. The number of carbonyl (C=O) groups excluding carboxylic acids is 2. The monoisotopic (exact) mass is 310 g/mol. The van der Waals surface area contributed by atoms with Crippen LogP contribution in [-0.2, 0) is 4.79 Å². The number of Topliss-reactive ketones (excluding diaryl/α,β-unsaturated/α-hetero) is 1. The van der Waals surface area contributed by atoms with Crippen molar-refractivity contribution >= 4 is 23.1 Å². The molecule has 0 atom stereocenters. The Labute approximate surface area is 136 Å². The van der Waals surface area contributed by atoms with Gasteiger partial charge in [0.25, 0.3) is 0 Å². The molecular weight excluding hydrogens is 288 g/mol. The van der Waals surface area contributed by atoms with Gasteiger partial charge in [0.05, 0.1) is 0 Å². The third kappa shape index (κ3) is 4.42. The van der Waals surface area contributed by atoms with E-state index in [1.54, 1.807) is 12.1 Å². The normalized spacial score (nSPS) is 10.4. The predicted octanol–water partition coefficient (Wildman–Crippen LogP) is 3.80. The van der Waals surface area contributed by atoms with E-state index in [9.17, 15) is 9.59 Å². The highest BCUT2D eigenvalue weighted by atomic mass is 16.2. The van der Waals surface area contributed by atoms with Crippen LogP contribution >= 0.6 is 0 Å². The molecule has 0 aliphatic carbocycles. The van der Waals surface area contributed by atoms with Crippen LogP contribution in [0.1, 0.15) is 39.9 Å². The minimum absolute atomic E-state index is 0.00866. The highest BCUT2D eigenvalue weighted by Crippen LogP contribution is 2.19. The molecule has 2 aromatic rings. The lowest BCUT2D eigenvalue weighted by molar-refractivity contribution is -0.116. The van der Waals surface area contributed by atoms with Crippen LogP contribution in [-0.4, -0.2) is 11.7 Å². The molecule has 1 amide bonds. The molecule has 0 heterocycles. The van der Waals surface area contributed by atoms with Crippen molar-refractivity contribution in [2.45, 2.75) is 33.6 Å². The van der Waals surface area contributed by atoms with Gasteiger partial charge in [-0.1, -0.05) is 23.8 Å². The third-order valence-corrected chi connectivity index (χ3v) is 3.81. The first-order valence-electron chi connectivity index (χ1n) is 7.63. The second kappa shape index (κ2) is 7.09. The molecule has 0 aliphatic heterocycles. The standard InChI is InChI=1S/C19H22N2O2/c1-12-4-5-13(2)16(10-12)18(22)8-9-19(23)21-17-11-15(20)7-6-14(17)3/h4-7,10-11H,8-9,20H2,1-3H3,(H,21,23). The van der Waals surface area contributed by atoms with Crippen LogP contribution < -0.4 is 11.1 Å². The summed E-state index contributed by atoms with van der Waals surface area (Å²) in [7, 11) is 0. The number of benzene rings is 2. The number of aryl methyl sites for hydroxylation is 3. The zero-order chi connectivity index (χ0) is 17.0. The number of amides is 1. The summed E-state index contributed by atoms with van der Waals surface area (Å²) in [4.78, 5) is 24.4. The number of rotatable bonds is 5. The second-order valence-electron chi connectivity index (χ2n) is 5.86. The van der Waals surface area contributed by atoms with E-state index in [1.807, 2.05) is 45.0 Å². The molecule has 0 saturated carbocycles. The zero-order valence-corrected chi connectivity index (χ0v) is 13.8. The number of carbonyl (C=O) groups is 2. The first kappa shape index (κ1) is 16.7. The van der Waals surface area contributed by atoms with Crippen molar-refractivity contribution in [3.63, 3.8) is 0 Å². The van der Waals surface area contributed by atoms with E-state index < -0.39 is 0 Å². The number of nitrogens with two attached hydrogens (primary N) is 1. The summed E-state index contributed by atoms with van der Waals surface area (Å²) < 4.78 is 0. The van der Waals surface area contributed by atoms with Crippen LogP contribution in [0.15, 0.2) is 36.4 Å². The van der Waals surface area contributed by atoms with Gasteiger partial charge in [-0.3, -0.25) is 9.59 Å². The van der Waals surface area contributed by atoms with Crippen LogP contribution in [0.5, 0.6) is 0 Å². The summed E-state index contributed by atoms with van der Waals surface area (Å²) in [5, 5.41) is 2.81. The highest BCUT2D eigenvalue weighted by Gasteiger charge is 2.12. The van der Waals surface area contributed by atoms with E-state index in [4.69, 9.17) is 5.73 Å². The van der Waals surface area contributed by atoms with Crippen LogP contribution in [0, 0.1) is 20.8 Å². The molecule has 3 N–H and O–H groups in total. The fourth-order valence-corrected chi connectivity index (χ4v) is 2.38. The number of hydrogen-bond donors (Lipinski definition) is 2. The smallest absolute Gasteiger partial charge is 0.224 e. The van der Waals surface area contributed by atoms with Gasteiger partial charge in [0.2, 0.25) is 5.91 Å². The van der Waals surface area contributed by atoms with Gasteiger partial charge in [-0.15, -0.1) is 0 Å². The topological polar surface area (TPSA) is 72.2 Å². The van der Waals surface area contributed by atoms with Crippen molar-refractivity contribution in [1.82, 2.24) is 0 Å². The molecule has 0 spiro atoms. The lowest BCUT2D eigenvalue weighted by atomic mass is 9.99. The first-order valence-corrected chi connectivity index (χ1v) is 7.63. The first-order chi connectivity index (χ1) is 10.9. The molecule has 0 radical (unpaired) electrons. The summed E-state index contributed by atoms with van der Waals surface area (Å²) in [6, 6.07) is 11.1. The number of nitrogens with one attached hydrogen (secondary N) is 1. The van der Waals surface area contributed by atoms with E-state index in [1.165, 1.54) is 0 Å². The van der Waals surface area contributed by atoms with Gasteiger partial charge in [0.1, 0.15) is 0 Å². The van der Waals surface area contributed by atoms with E-state index in [2.05, 4.69) is 5.32 Å². The molecule has 120 valence electrons. The summed E-state index contributed by atoms with van der Waals surface area (Å²) in [5.74, 6) is -0.192. The molecule has 4 nitrogen and oxygen atoms in total. The highest BCUT2D eigenvalue weighted by molar-refractivity contribution is 6.01. The Hall–Kier alpha value is -2.62. The van der Waals surface area contributed by atoms with Gasteiger partial charge in [-0.2, -0.15) is 0 Å². The third-order valence-electron chi connectivity index (χ3n) is 3.81. The maximum atomic E-state index is 12.3. The summed E-state index contributed by atoms with van der Waals surface area (Å²) in [6.07, 6.45) is 0.345. The van der Waals surface area contributed by atoms with Crippen LogP contribution in [0.25, 0.3) is 0 Å². The second-order valence-corrected chi connectivity index (χ2v) is 5.86. The number of hydrogen-bond acceptors (Lipinski definition) is 3.